The van der Waals surface area contributed by atoms with E-state index >= 15 is 0 Å². The Balaban J connectivity index is 1.57. The van der Waals surface area contributed by atoms with Gasteiger partial charge in [-0.3, -0.25) is 14.6 Å². The van der Waals surface area contributed by atoms with Gasteiger partial charge in [-0.05, 0) is 81.6 Å². The summed E-state index contributed by atoms with van der Waals surface area (Å²) in [6.45, 7) is 2.73. The van der Waals surface area contributed by atoms with Crippen LogP contribution in [-0.2, 0) is 20.2 Å². The Bertz CT molecular complexity index is 1250. The highest BCUT2D eigenvalue weighted by Gasteiger charge is 2.38. The number of aromatic nitrogens is 1. The molecule has 1 saturated carbocycles. The first-order valence-corrected chi connectivity index (χ1v) is 17.0. The average molecular weight is 585 g/mol. The van der Waals surface area contributed by atoms with E-state index in [4.69, 9.17) is 0 Å². The number of amides is 1. The number of carbonyl (C=O) groups excluding carboxylic acids is 1. The third-order valence-corrected chi connectivity index (χ3v) is 10.5. The van der Waals surface area contributed by atoms with Gasteiger partial charge in [0.1, 0.15) is 12.0 Å². The molecular formula is C32H48N4O4S. The number of nitrogens with one attached hydrogen (secondary N) is 1. The van der Waals surface area contributed by atoms with Crippen molar-refractivity contribution < 1.29 is 18.3 Å². The Labute approximate surface area is 246 Å². The number of nitrogens with zero attached hydrogens (tertiary/aromatic N) is 3. The van der Waals surface area contributed by atoms with Crippen LogP contribution in [0.5, 0.6) is 0 Å². The molecule has 0 radical (unpaired) electrons. The zero-order valence-electron chi connectivity index (χ0n) is 25.1. The van der Waals surface area contributed by atoms with Gasteiger partial charge in [-0.15, -0.1) is 0 Å². The molecule has 1 amide bonds. The first-order chi connectivity index (χ1) is 19.5. The molecular weight excluding hydrogens is 536 g/mol. The van der Waals surface area contributed by atoms with Crippen molar-refractivity contribution in [2.75, 3.05) is 38.8 Å². The van der Waals surface area contributed by atoms with Crippen molar-refractivity contribution in [3.63, 3.8) is 0 Å². The van der Waals surface area contributed by atoms with Crippen molar-refractivity contribution in [2.24, 2.45) is 17.8 Å². The summed E-state index contributed by atoms with van der Waals surface area (Å²) < 4.78 is 23.9. The highest BCUT2D eigenvalue weighted by atomic mass is 32.2. The second-order valence-corrected chi connectivity index (χ2v) is 14.5. The van der Waals surface area contributed by atoms with Gasteiger partial charge in [0, 0.05) is 18.3 Å². The largest absolute Gasteiger partial charge is 0.378 e. The number of hydrogen-bond donors (Lipinski definition) is 2. The lowest BCUT2D eigenvalue weighted by Crippen LogP contribution is -2.47. The third kappa shape index (κ3) is 7.95. The van der Waals surface area contributed by atoms with Crippen LogP contribution in [0.3, 0.4) is 0 Å². The first-order valence-electron chi connectivity index (χ1n) is 15.1. The SMILES string of the molecule is CC1C(CC2CCC2)CCC[C@@](c2ccccc2)(N(C)C)CCCN(CC(=O)Nc2cccc(S(C)(=O)=O)n2)C1O. The normalized spacial score (nSPS) is 27.1. The lowest BCUT2D eigenvalue weighted by atomic mass is 9.73. The minimum atomic E-state index is -3.50. The van der Waals surface area contributed by atoms with E-state index < -0.39 is 16.1 Å². The molecule has 9 heteroatoms. The van der Waals surface area contributed by atoms with E-state index in [1.165, 1.54) is 30.9 Å². The fourth-order valence-electron chi connectivity index (χ4n) is 6.79. The Morgan fingerprint density at radius 3 is 2.39 bits per heavy atom. The number of aliphatic hydroxyl groups excluding tert-OH is 1. The van der Waals surface area contributed by atoms with Crippen LogP contribution in [0.15, 0.2) is 53.6 Å². The molecule has 3 unspecified atom stereocenters. The topological polar surface area (TPSA) is 103 Å². The minimum absolute atomic E-state index is 0.00669. The van der Waals surface area contributed by atoms with Crippen LogP contribution in [-0.4, -0.2) is 73.9 Å². The van der Waals surface area contributed by atoms with Crippen molar-refractivity contribution in [1.82, 2.24) is 14.8 Å². The zero-order chi connectivity index (χ0) is 29.6. The molecule has 1 aromatic carbocycles. The summed E-state index contributed by atoms with van der Waals surface area (Å²) >= 11 is 0. The second-order valence-electron chi connectivity index (χ2n) is 12.5. The second kappa shape index (κ2) is 13.8. The van der Waals surface area contributed by atoms with Gasteiger partial charge >= 0.3 is 0 Å². The number of rotatable bonds is 8. The standard InChI is InChI=1S/C32H48N4O4S/c1-24-26(22-25-12-8-13-25)14-10-19-32(35(2)3,27-15-6-5-7-16-27)20-11-21-36(31(24)38)23-29(37)33-28-17-9-18-30(34-28)41(4,39)40/h5-7,9,15-18,24-26,31,38H,8,10-14,19-23H2,1-4H3,(H,33,34,37)/t24?,26?,31?,32-/m1/s1. The van der Waals surface area contributed by atoms with Gasteiger partial charge in [0.25, 0.3) is 0 Å². The fraction of sp³-hybridized carbons (Fsp3) is 0.625. The summed E-state index contributed by atoms with van der Waals surface area (Å²) in [7, 11) is 0.835. The maximum Gasteiger partial charge on any atom is 0.239 e. The minimum Gasteiger partial charge on any atom is -0.378 e. The molecule has 2 aromatic rings. The maximum atomic E-state index is 13.2. The molecule has 4 rings (SSSR count). The van der Waals surface area contributed by atoms with Crippen molar-refractivity contribution in [1.29, 1.82) is 0 Å². The van der Waals surface area contributed by atoms with E-state index in [1.807, 2.05) is 4.90 Å². The number of anilines is 1. The first kappa shape index (κ1) is 31.6. The molecule has 1 aliphatic carbocycles. The van der Waals surface area contributed by atoms with Gasteiger partial charge in [-0.2, -0.15) is 0 Å². The number of aliphatic hydroxyl groups is 1. The monoisotopic (exact) mass is 584 g/mol. The van der Waals surface area contributed by atoms with E-state index in [-0.39, 0.29) is 34.8 Å². The lowest BCUT2D eigenvalue weighted by molar-refractivity contribution is -0.123. The Kier molecular flexibility index (Phi) is 10.6. The van der Waals surface area contributed by atoms with Crippen LogP contribution < -0.4 is 5.32 Å². The Morgan fingerprint density at radius 2 is 1.76 bits per heavy atom. The Morgan fingerprint density at radius 1 is 1.05 bits per heavy atom. The van der Waals surface area contributed by atoms with E-state index in [0.29, 0.717) is 12.5 Å². The molecule has 4 atom stereocenters. The molecule has 2 aliphatic rings. The molecule has 1 saturated heterocycles. The smallest absolute Gasteiger partial charge is 0.239 e. The summed E-state index contributed by atoms with van der Waals surface area (Å²) in [5.41, 5.74) is 1.19. The van der Waals surface area contributed by atoms with E-state index in [0.717, 1.165) is 50.7 Å². The Hall–Kier alpha value is -2.33. The quantitative estimate of drug-likeness (QED) is 0.455. The van der Waals surface area contributed by atoms with Gasteiger partial charge in [-0.1, -0.05) is 69.0 Å². The molecule has 1 aromatic heterocycles. The molecule has 2 heterocycles. The van der Waals surface area contributed by atoms with Crippen molar-refractivity contribution >= 4 is 21.6 Å². The van der Waals surface area contributed by atoms with Crippen LogP contribution in [0, 0.1) is 17.8 Å². The highest BCUT2D eigenvalue weighted by molar-refractivity contribution is 7.90. The highest BCUT2D eigenvalue weighted by Crippen LogP contribution is 2.42. The molecule has 2 fully saturated rings. The van der Waals surface area contributed by atoms with E-state index in [9.17, 15) is 18.3 Å². The molecule has 0 bridgehead atoms. The summed E-state index contributed by atoms with van der Waals surface area (Å²) in [6.07, 6.45) is 10.2. The fourth-order valence-corrected chi connectivity index (χ4v) is 7.38. The van der Waals surface area contributed by atoms with Gasteiger partial charge < -0.3 is 10.4 Å². The van der Waals surface area contributed by atoms with Gasteiger partial charge in [0.2, 0.25) is 5.91 Å². The summed E-state index contributed by atoms with van der Waals surface area (Å²) in [6, 6.07) is 15.3. The molecule has 226 valence electrons. The van der Waals surface area contributed by atoms with E-state index in [2.05, 4.69) is 66.6 Å². The van der Waals surface area contributed by atoms with Crippen LogP contribution in [0.1, 0.15) is 70.3 Å². The molecule has 1 aliphatic heterocycles. The van der Waals surface area contributed by atoms with Gasteiger partial charge in [-0.25, -0.2) is 13.4 Å². The van der Waals surface area contributed by atoms with Crippen molar-refractivity contribution in [3.05, 3.63) is 54.1 Å². The van der Waals surface area contributed by atoms with Crippen LogP contribution >= 0.6 is 0 Å². The number of pyridine rings is 1. The number of benzene rings is 1. The predicted octanol–water partition coefficient (Wildman–Crippen LogP) is 4.91. The number of hydrogen-bond acceptors (Lipinski definition) is 7. The maximum absolute atomic E-state index is 13.2. The van der Waals surface area contributed by atoms with Crippen LogP contribution in [0.25, 0.3) is 0 Å². The third-order valence-electron chi connectivity index (χ3n) is 9.53. The molecule has 8 nitrogen and oxygen atoms in total. The average Bonchev–Trinajstić information content (AvgIpc) is 2.93. The van der Waals surface area contributed by atoms with Crippen LogP contribution in [0.4, 0.5) is 5.82 Å². The van der Waals surface area contributed by atoms with Crippen molar-refractivity contribution in [3.8, 4) is 0 Å². The molecule has 41 heavy (non-hydrogen) atoms. The zero-order valence-corrected chi connectivity index (χ0v) is 25.9. The predicted molar refractivity (Wildman–Crippen MR) is 163 cm³/mol. The summed E-state index contributed by atoms with van der Waals surface area (Å²) in [5, 5.41) is 14.4. The van der Waals surface area contributed by atoms with E-state index in [1.54, 1.807) is 12.1 Å². The lowest BCUT2D eigenvalue weighted by Gasteiger charge is -2.41. The molecule has 0 spiro atoms. The van der Waals surface area contributed by atoms with Crippen molar-refractivity contribution in [2.45, 2.75) is 81.5 Å². The summed E-state index contributed by atoms with van der Waals surface area (Å²) in [5.74, 6) is 1.01. The van der Waals surface area contributed by atoms with Crippen LogP contribution in [0.2, 0.25) is 0 Å². The number of sulfone groups is 1. The van der Waals surface area contributed by atoms with Gasteiger partial charge in [0.15, 0.2) is 14.9 Å². The molecule has 2 N–H and O–H groups in total. The summed E-state index contributed by atoms with van der Waals surface area (Å²) in [4.78, 5) is 21.6. The number of carbonyl (C=O) groups is 1. The van der Waals surface area contributed by atoms with Gasteiger partial charge in [0.05, 0.1) is 6.54 Å².